The summed E-state index contributed by atoms with van der Waals surface area (Å²) in [5.41, 5.74) is 0.861. The highest BCUT2D eigenvalue weighted by atomic mass is 16.2. The lowest BCUT2D eigenvalue weighted by Crippen LogP contribution is -2.52. The second-order valence-corrected chi connectivity index (χ2v) is 5.23. The van der Waals surface area contributed by atoms with Crippen LogP contribution in [-0.2, 0) is 9.59 Å². The van der Waals surface area contributed by atoms with Crippen LogP contribution in [0.1, 0.15) is 30.1 Å². The minimum absolute atomic E-state index is 0.150. The number of anilines is 2. The number of hydrogen-bond donors (Lipinski definition) is 2. The van der Waals surface area contributed by atoms with E-state index in [0.717, 1.165) is 30.0 Å². The Morgan fingerprint density at radius 2 is 1.85 bits per heavy atom. The number of nitrogens with one attached hydrogen (secondary N) is 2. The van der Waals surface area contributed by atoms with Crippen LogP contribution in [0.2, 0.25) is 0 Å². The van der Waals surface area contributed by atoms with Gasteiger partial charge >= 0.3 is 0 Å². The Bertz CT molecular complexity index is 566. The third kappa shape index (κ3) is 2.31. The predicted octanol–water partition coefficient (Wildman–Crippen LogP) is 0.167. The zero-order valence-corrected chi connectivity index (χ0v) is 11.6. The fraction of sp³-hybridized carbons (Fsp3) is 0.538. The van der Waals surface area contributed by atoms with Crippen molar-refractivity contribution < 1.29 is 9.59 Å². The number of imide groups is 1. The van der Waals surface area contributed by atoms with Crippen molar-refractivity contribution in [1.29, 1.82) is 0 Å². The molecule has 2 aliphatic rings. The standard InChI is InChI=1S/C13H17N5O2/c1-7-11(14-2)16-12(8-3-4-8)17-13(7)18-5-9(19)15-10(20)6-18/h8H,3-6H2,1-2H3,(H,14,16,17)(H,15,19,20). The minimum atomic E-state index is -0.293. The molecule has 0 bridgehead atoms. The first-order valence-corrected chi connectivity index (χ1v) is 6.72. The van der Waals surface area contributed by atoms with Crippen molar-refractivity contribution in [1.82, 2.24) is 15.3 Å². The molecule has 1 saturated carbocycles. The van der Waals surface area contributed by atoms with E-state index in [-0.39, 0.29) is 24.9 Å². The monoisotopic (exact) mass is 275 g/mol. The normalized spacial score (nSPS) is 19.0. The molecule has 2 amide bonds. The van der Waals surface area contributed by atoms with Gasteiger partial charge in [0, 0.05) is 18.5 Å². The van der Waals surface area contributed by atoms with Crippen LogP contribution >= 0.6 is 0 Å². The summed E-state index contributed by atoms with van der Waals surface area (Å²) in [5.74, 6) is 2.06. The summed E-state index contributed by atoms with van der Waals surface area (Å²) < 4.78 is 0. The molecule has 7 nitrogen and oxygen atoms in total. The smallest absolute Gasteiger partial charge is 0.246 e. The van der Waals surface area contributed by atoms with Crippen molar-refractivity contribution in [2.24, 2.45) is 0 Å². The molecule has 1 aromatic rings. The molecule has 0 atom stereocenters. The highest BCUT2D eigenvalue weighted by Crippen LogP contribution is 2.40. The van der Waals surface area contributed by atoms with Gasteiger partial charge in [-0.2, -0.15) is 0 Å². The number of piperazine rings is 1. The Balaban J connectivity index is 2.00. The molecule has 3 rings (SSSR count). The average molecular weight is 275 g/mol. The van der Waals surface area contributed by atoms with Crippen molar-refractivity contribution in [3.63, 3.8) is 0 Å². The van der Waals surface area contributed by atoms with E-state index in [9.17, 15) is 9.59 Å². The van der Waals surface area contributed by atoms with Crippen LogP contribution in [0.3, 0.4) is 0 Å². The molecule has 0 unspecified atom stereocenters. The molecule has 1 aromatic heterocycles. The zero-order chi connectivity index (χ0) is 14.3. The van der Waals surface area contributed by atoms with Crippen LogP contribution in [0.4, 0.5) is 11.6 Å². The predicted molar refractivity (Wildman–Crippen MR) is 73.7 cm³/mol. The number of carbonyl (C=O) groups excluding carboxylic acids is 2. The van der Waals surface area contributed by atoms with Crippen LogP contribution in [0, 0.1) is 6.92 Å². The molecule has 0 aromatic carbocycles. The molecule has 7 heteroatoms. The lowest BCUT2D eigenvalue weighted by Gasteiger charge is -2.28. The van der Waals surface area contributed by atoms with Gasteiger partial charge in [0.05, 0.1) is 13.1 Å². The van der Waals surface area contributed by atoms with E-state index in [1.165, 1.54) is 0 Å². The van der Waals surface area contributed by atoms with Crippen LogP contribution in [-0.4, -0.2) is 41.9 Å². The summed E-state index contributed by atoms with van der Waals surface area (Å²) in [4.78, 5) is 33.8. The number of carbonyl (C=O) groups is 2. The van der Waals surface area contributed by atoms with E-state index >= 15 is 0 Å². The van der Waals surface area contributed by atoms with E-state index < -0.39 is 0 Å². The van der Waals surface area contributed by atoms with Gasteiger partial charge in [-0.3, -0.25) is 14.9 Å². The zero-order valence-electron chi connectivity index (χ0n) is 11.6. The third-order valence-electron chi connectivity index (χ3n) is 3.56. The first kappa shape index (κ1) is 12.8. The molecule has 1 saturated heterocycles. The van der Waals surface area contributed by atoms with Crippen molar-refractivity contribution in [3.8, 4) is 0 Å². The number of aromatic nitrogens is 2. The molecule has 106 valence electrons. The van der Waals surface area contributed by atoms with Crippen molar-refractivity contribution in [2.75, 3.05) is 30.4 Å². The molecule has 1 aliphatic carbocycles. The highest BCUT2D eigenvalue weighted by Gasteiger charge is 2.31. The number of amides is 2. The van der Waals surface area contributed by atoms with Gasteiger partial charge < -0.3 is 10.2 Å². The van der Waals surface area contributed by atoms with Gasteiger partial charge in [-0.1, -0.05) is 0 Å². The van der Waals surface area contributed by atoms with Gasteiger partial charge in [-0.25, -0.2) is 9.97 Å². The van der Waals surface area contributed by atoms with Crippen molar-refractivity contribution >= 4 is 23.5 Å². The molecule has 0 radical (unpaired) electrons. The van der Waals surface area contributed by atoms with Gasteiger partial charge in [0.2, 0.25) is 11.8 Å². The average Bonchev–Trinajstić information content (AvgIpc) is 3.22. The van der Waals surface area contributed by atoms with Crippen molar-refractivity contribution in [2.45, 2.75) is 25.7 Å². The van der Waals surface area contributed by atoms with E-state index in [1.54, 1.807) is 4.90 Å². The Kier molecular flexibility index (Phi) is 3.04. The van der Waals surface area contributed by atoms with E-state index in [2.05, 4.69) is 20.6 Å². The van der Waals surface area contributed by atoms with Crippen LogP contribution < -0.4 is 15.5 Å². The lowest BCUT2D eigenvalue weighted by atomic mass is 10.2. The summed E-state index contributed by atoms with van der Waals surface area (Å²) in [6, 6.07) is 0. The Morgan fingerprint density at radius 1 is 1.20 bits per heavy atom. The molecule has 20 heavy (non-hydrogen) atoms. The van der Waals surface area contributed by atoms with Crippen LogP contribution in [0.15, 0.2) is 0 Å². The fourth-order valence-corrected chi connectivity index (χ4v) is 2.38. The minimum Gasteiger partial charge on any atom is -0.373 e. The largest absolute Gasteiger partial charge is 0.373 e. The van der Waals surface area contributed by atoms with Crippen LogP contribution in [0.25, 0.3) is 0 Å². The second kappa shape index (κ2) is 4.73. The summed E-state index contributed by atoms with van der Waals surface area (Å²) in [6.45, 7) is 2.20. The number of rotatable bonds is 3. The maximum Gasteiger partial charge on any atom is 0.246 e. The topological polar surface area (TPSA) is 87.2 Å². The van der Waals surface area contributed by atoms with Gasteiger partial charge in [0.1, 0.15) is 17.5 Å². The lowest BCUT2D eigenvalue weighted by molar-refractivity contribution is -0.130. The van der Waals surface area contributed by atoms with Gasteiger partial charge in [0.25, 0.3) is 0 Å². The summed E-state index contributed by atoms with van der Waals surface area (Å²) in [6.07, 6.45) is 2.20. The molecular formula is C13H17N5O2. The van der Waals surface area contributed by atoms with Gasteiger partial charge in [-0.05, 0) is 19.8 Å². The van der Waals surface area contributed by atoms with E-state index in [4.69, 9.17) is 0 Å². The first-order valence-electron chi connectivity index (χ1n) is 6.72. The molecular weight excluding hydrogens is 258 g/mol. The number of nitrogens with zero attached hydrogens (tertiary/aromatic N) is 3. The molecule has 2 fully saturated rings. The first-order chi connectivity index (χ1) is 9.58. The Morgan fingerprint density at radius 3 is 2.40 bits per heavy atom. The third-order valence-corrected chi connectivity index (χ3v) is 3.56. The van der Waals surface area contributed by atoms with Gasteiger partial charge in [-0.15, -0.1) is 0 Å². The summed E-state index contributed by atoms with van der Waals surface area (Å²) in [5, 5.41) is 5.36. The Hall–Kier alpha value is -2.18. The number of hydrogen-bond acceptors (Lipinski definition) is 6. The quantitative estimate of drug-likeness (QED) is 0.765. The van der Waals surface area contributed by atoms with E-state index in [0.29, 0.717) is 11.7 Å². The second-order valence-electron chi connectivity index (χ2n) is 5.23. The molecule has 1 aliphatic heterocycles. The summed E-state index contributed by atoms with van der Waals surface area (Å²) in [7, 11) is 1.81. The molecule has 2 N–H and O–H groups in total. The summed E-state index contributed by atoms with van der Waals surface area (Å²) >= 11 is 0. The maximum absolute atomic E-state index is 11.5. The fourth-order valence-electron chi connectivity index (χ4n) is 2.38. The molecule has 0 spiro atoms. The van der Waals surface area contributed by atoms with Crippen LogP contribution in [0.5, 0.6) is 0 Å². The SMILES string of the molecule is CNc1nc(C2CC2)nc(N2CC(=O)NC(=O)C2)c1C. The van der Waals surface area contributed by atoms with Crippen molar-refractivity contribution in [3.05, 3.63) is 11.4 Å². The molecule has 2 heterocycles. The van der Waals surface area contributed by atoms with Gasteiger partial charge in [0.15, 0.2) is 0 Å². The highest BCUT2D eigenvalue weighted by molar-refractivity contribution is 6.02. The van der Waals surface area contributed by atoms with E-state index in [1.807, 2.05) is 14.0 Å². The maximum atomic E-state index is 11.5. The Labute approximate surface area is 116 Å².